The lowest BCUT2D eigenvalue weighted by molar-refractivity contribution is -0.131. The first-order valence-electron chi connectivity index (χ1n) is 10.2. The van der Waals surface area contributed by atoms with Crippen molar-refractivity contribution in [2.24, 2.45) is 11.7 Å². The third-order valence-electron chi connectivity index (χ3n) is 6.23. The summed E-state index contributed by atoms with van der Waals surface area (Å²) in [5, 5.41) is 2.23. The second-order valence-corrected chi connectivity index (χ2v) is 7.95. The largest absolute Gasteiger partial charge is 0.497 e. The summed E-state index contributed by atoms with van der Waals surface area (Å²) in [5.74, 6) is 1.44. The highest BCUT2D eigenvalue weighted by molar-refractivity contribution is 5.88. The fraction of sp³-hybridized carbons (Fsp3) is 0.320. The predicted octanol–water partition coefficient (Wildman–Crippen LogP) is 4.57. The molecule has 1 saturated heterocycles. The van der Waals surface area contributed by atoms with Gasteiger partial charge in [0, 0.05) is 19.0 Å². The van der Waals surface area contributed by atoms with Crippen LogP contribution < -0.4 is 10.5 Å². The number of amides is 1. The molecule has 3 aromatic carbocycles. The van der Waals surface area contributed by atoms with Crippen LogP contribution in [-0.4, -0.2) is 37.6 Å². The second kappa shape index (κ2) is 9.50. The van der Waals surface area contributed by atoms with E-state index in [-0.39, 0.29) is 24.2 Å². The van der Waals surface area contributed by atoms with Crippen molar-refractivity contribution in [2.45, 2.75) is 18.8 Å². The maximum atomic E-state index is 13.3. The van der Waals surface area contributed by atoms with Crippen LogP contribution in [0.3, 0.4) is 0 Å². The Labute approximate surface area is 184 Å². The van der Waals surface area contributed by atoms with E-state index in [1.807, 2.05) is 36.1 Å². The SMILES string of the molecule is COc1ccc2cc(C(C)C(=O)N3C[C@@H](CN)[C@H](c4ccccc4)C3)ccc2c1.Cl. The molecule has 1 aliphatic heterocycles. The van der Waals surface area contributed by atoms with E-state index in [9.17, 15) is 4.79 Å². The van der Waals surface area contributed by atoms with Crippen LogP contribution >= 0.6 is 12.4 Å². The summed E-state index contributed by atoms with van der Waals surface area (Å²) in [6.07, 6.45) is 0. The molecule has 2 N–H and O–H groups in total. The lowest BCUT2D eigenvalue weighted by atomic mass is 9.89. The molecule has 0 bridgehead atoms. The molecule has 0 aliphatic carbocycles. The molecule has 0 spiro atoms. The van der Waals surface area contributed by atoms with Crippen molar-refractivity contribution in [3.05, 3.63) is 77.9 Å². The van der Waals surface area contributed by atoms with E-state index >= 15 is 0 Å². The molecule has 4 rings (SSSR count). The molecule has 3 atom stereocenters. The molecule has 3 aromatic rings. The van der Waals surface area contributed by atoms with Crippen LogP contribution in [0.2, 0.25) is 0 Å². The molecule has 5 heteroatoms. The number of carbonyl (C=O) groups excluding carboxylic acids is 1. The predicted molar refractivity (Wildman–Crippen MR) is 124 cm³/mol. The van der Waals surface area contributed by atoms with Gasteiger partial charge in [-0.1, -0.05) is 54.6 Å². The standard InChI is InChI=1S/C25H28N2O2.ClH/c1-17(19-8-9-21-13-23(29-2)11-10-20(21)12-19)25(28)27-15-22(14-26)24(16-27)18-6-4-3-5-7-18;/h3-13,17,22,24H,14-16,26H2,1-2H3;1H/t17?,22-,24+;/m1./s1. The van der Waals surface area contributed by atoms with Crippen molar-refractivity contribution in [1.29, 1.82) is 0 Å². The monoisotopic (exact) mass is 424 g/mol. The van der Waals surface area contributed by atoms with Crippen LogP contribution in [0.1, 0.15) is 29.9 Å². The Hall–Kier alpha value is -2.56. The molecule has 30 heavy (non-hydrogen) atoms. The smallest absolute Gasteiger partial charge is 0.229 e. The van der Waals surface area contributed by atoms with Crippen molar-refractivity contribution in [3.8, 4) is 5.75 Å². The van der Waals surface area contributed by atoms with E-state index in [0.29, 0.717) is 18.4 Å². The summed E-state index contributed by atoms with van der Waals surface area (Å²) in [5.41, 5.74) is 8.36. The maximum absolute atomic E-state index is 13.3. The number of hydrogen-bond acceptors (Lipinski definition) is 3. The fourth-order valence-electron chi connectivity index (χ4n) is 4.42. The Balaban J connectivity index is 0.00000256. The van der Waals surface area contributed by atoms with Crippen molar-refractivity contribution in [1.82, 2.24) is 4.90 Å². The van der Waals surface area contributed by atoms with Crippen LogP contribution in [0.25, 0.3) is 10.8 Å². The van der Waals surface area contributed by atoms with E-state index in [2.05, 4.69) is 42.5 Å². The van der Waals surface area contributed by atoms with Gasteiger partial charge in [0.05, 0.1) is 13.0 Å². The van der Waals surface area contributed by atoms with Gasteiger partial charge in [-0.25, -0.2) is 0 Å². The molecule has 0 saturated carbocycles. The summed E-state index contributed by atoms with van der Waals surface area (Å²) in [6, 6.07) is 22.7. The molecule has 0 radical (unpaired) electrons. The molecular formula is C25H29ClN2O2. The number of benzene rings is 3. The zero-order valence-electron chi connectivity index (χ0n) is 17.5. The molecule has 1 heterocycles. The van der Waals surface area contributed by atoms with Crippen molar-refractivity contribution in [2.75, 3.05) is 26.7 Å². The van der Waals surface area contributed by atoms with E-state index in [4.69, 9.17) is 10.5 Å². The first kappa shape index (κ1) is 22.1. The van der Waals surface area contributed by atoms with Crippen molar-refractivity contribution in [3.63, 3.8) is 0 Å². The van der Waals surface area contributed by atoms with Crippen LogP contribution in [-0.2, 0) is 4.79 Å². The lowest BCUT2D eigenvalue weighted by Gasteiger charge is -2.22. The summed E-state index contributed by atoms with van der Waals surface area (Å²) >= 11 is 0. The van der Waals surface area contributed by atoms with Crippen LogP contribution in [0.15, 0.2) is 66.7 Å². The van der Waals surface area contributed by atoms with E-state index in [0.717, 1.165) is 35.2 Å². The lowest BCUT2D eigenvalue weighted by Crippen LogP contribution is -2.33. The van der Waals surface area contributed by atoms with E-state index in [1.54, 1.807) is 7.11 Å². The Bertz CT molecular complexity index is 1010. The number of rotatable bonds is 5. The Morgan fingerprint density at radius 2 is 1.77 bits per heavy atom. The Kier molecular flexibility index (Phi) is 7.01. The number of hydrogen-bond donors (Lipinski definition) is 1. The van der Waals surface area contributed by atoms with Gasteiger partial charge in [-0.2, -0.15) is 0 Å². The average molecular weight is 425 g/mol. The highest BCUT2D eigenvalue weighted by atomic mass is 35.5. The minimum Gasteiger partial charge on any atom is -0.497 e. The number of fused-ring (bicyclic) bond motifs is 1. The van der Waals surface area contributed by atoms with E-state index in [1.165, 1.54) is 5.56 Å². The third-order valence-corrected chi connectivity index (χ3v) is 6.23. The Morgan fingerprint density at radius 1 is 1.07 bits per heavy atom. The number of methoxy groups -OCH3 is 1. The zero-order chi connectivity index (χ0) is 20.4. The van der Waals surface area contributed by atoms with Crippen LogP contribution in [0, 0.1) is 5.92 Å². The van der Waals surface area contributed by atoms with Gasteiger partial charge < -0.3 is 15.4 Å². The molecular weight excluding hydrogens is 396 g/mol. The number of ether oxygens (including phenoxy) is 1. The first-order chi connectivity index (χ1) is 14.1. The van der Waals surface area contributed by atoms with Crippen molar-refractivity contribution >= 4 is 29.1 Å². The fourth-order valence-corrected chi connectivity index (χ4v) is 4.42. The highest BCUT2D eigenvalue weighted by Gasteiger charge is 2.36. The van der Waals surface area contributed by atoms with Gasteiger partial charge in [0.15, 0.2) is 0 Å². The van der Waals surface area contributed by atoms with Gasteiger partial charge in [-0.15, -0.1) is 12.4 Å². The topological polar surface area (TPSA) is 55.6 Å². The minimum absolute atomic E-state index is 0. The molecule has 1 fully saturated rings. The quantitative estimate of drug-likeness (QED) is 0.652. The number of halogens is 1. The van der Waals surface area contributed by atoms with Gasteiger partial charge >= 0.3 is 0 Å². The van der Waals surface area contributed by atoms with Gasteiger partial charge in [-0.3, -0.25) is 4.79 Å². The third kappa shape index (κ3) is 4.30. The van der Waals surface area contributed by atoms with Crippen molar-refractivity contribution < 1.29 is 9.53 Å². The van der Waals surface area contributed by atoms with Gasteiger partial charge in [0.1, 0.15) is 5.75 Å². The average Bonchev–Trinajstić information content (AvgIpc) is 3.22. The number of nitrogens with zero attached hydrogens (tertiary/aromatic N) is 1. The molecule has 1 aliphatic rings. The second-order valence-electron chi connectivity index (χ2n) is 7.95. The molecule has 0 aromatic heterocycles. The number of likely N-dealkylation sites (tertiary alicyclic amines) is 1. The summed E-state index contributed by atoms with van der Waals surface area (Å²) in [6.45, 7) is 4.06. The summed E-state index contributed by atoms with van der Waals surface area (Å²) < 4.78 is 5.30. The summed E-state index contributed by atoms with van der Waals surface area (Å²) in [7, 11) is 1.67. The molecule has 1 amide bonds. The van der Waals surface area contributed by atoms with Gasteiger partial charge in [0.2, 0.25) is 5.91 Å². The molecule has 1 unspecified atom stereocenters. The van der Waals surface area contributed by atoms with Crippen LogP contribution in [0.4, 0.5) is 0 Å². The minimum atomic E-state index is -0.186. The van der Waals surface area contributed by atoms with Crippen LogP contribution in [0.5, 0.6) is 5.75 Å². The number of carbonyl (C=O) groups is 1. The zero-order valence-corrected chi connectivity index (χ0v) is 18.3. The summed E-state index contributed by atoms with van der Waals surface area (Å²) in [4.78, 5) is 15.3. The molecule has 158 valence electrons. The Morgan fingerprint density at radius 3 is 2.47 bits per heavy atom. The maximum Gasteiger partial charge on any atom is 0.229 e. The highest BCUT2D eigenvalue weighted by Crippen LogP contribution is 2.34. The molecule has 4 nitrogen and oxygen atoms in total. The van der Waals surface area contributed by atoms with Gasteiger partial charge in [0.25, 0.3) is 0 Å². The normalized spacial score (nSPS) is 19.4. The number of nitrogens with two attached hydrogens (primary N) is 1. The first-order valence-corrected chi connectivity index (χ1v) is 10.2. The van der Waals surface area contributed by atoms with Gasteiger partial charge in [-0.05, 0) is 53.4 Å². The van der Waals surface area contributed by atoms with E-state index < -0.39 is 0 Å².